The van der Waals surface area contributed by atoms with Crippen molar-refractivity contribution in [2.24, 2.45) is 0 Å². The Hall–Kier alpha value is -5.14. The molecular formula is C42H33N. The molecule has 0 fully saturated rings. The van der Waals surface area contributed by atoms with E-state index in [1.807, 2.05) is 0 Å². The molecule has 1 aliphatic heterocycles. The fourth-order valence-electron chi connectivity index (χ4n) is 6.99. The maximum atomic E-state index is 3.52. The van der Waals surface area contributed by atoms with Crippen molar-refractivity contribution < 1.29 is 0 Å². The van der Waals surface area contributed by atoms with Gasteiger partial charge in [0.2, 0.25) is 0 Å². The van der Waals surface area contributed by atoms with Crippen molar-refractivity contribution in [1.29, 1.82) is 0 Å². The third-order valence-corrected chi connectivity index (χ3v) is 9.06. The van der Waals surface area contributed by atoms with Crippen LogP contribution in [0.3, 0.4) is 0 Å². The van der Waals surface area contributed by atoms with Crippen LogP contribution in [0.5, 0.6) is 0 Å². The minimum atomic E-state index is 0.891. The summed E-state index contributed by atoms with van der Waals surface area (Å²) in [6.45, 7) is 3.16. The van der Waals surface area contributed by atoms with Gasteiger partial charge in [0.25, 0.3) is 0 Å². The molecular weight excluding hydrogens is 518 g/mol. The molecule has 0 atom stereocenters. The molecule has 1 heterocycles. The Balaban J connectivity index is 1.29. The smallest absolute Gasteiger partial charge is 0.0413 e. The van der Waals surface area contributed by atoms with Crippen LogP contribution in [0.1, 0.15) is 24.0 Å². The Kier molecular flexibility index (Phi) is 6.30. The summed E-state index contributed by atoms with van der Waals surface area (Å²) in [5, 5.41) is 11.2. The first-order valence-corrected chi connectivity index (χ1v) is 15.3. The Morgan fingerprint density at radius 1 is 0.628 bits per heavy atom. The van der Waals surface area contributed by atoms with Crippen molar-refractivity contribution in [1.82, 2.24) is 5.32 Å². The summed E-state index contributed by atoms with van der Waals surface area (Å²) in [5.74, 6) is 0. The van der Waals surface area contributed by atoms with Crippen molar-refractivity contribution in [2.45, 2.75) is 19.8 Å². The Morgan fingerprint density at radius 2 is 1.30 bits per heavy atom. The van der Waals surface area contributed by atoms with Crippen LogP contribution in [-0.4, -0.2) is 6.54 Å². The van der Waals surface area contributed by atoms with E-state index in [1.165, 1.54) is 82.5 Å². The minimum Gasteiger partial charge on any atom is -0.381 e. The summed E-state index contributed by atoms with van der Waals surface area (Å²) in [4.78, 5) is 0. The molecule has 0 amide bonds. The van der Waals surface area contributed by atoms with Gasteiger partial charge in [-0.3, -0.25) is 0 Å². The third-order valence-electron chi connectivity index (χ3n) is 9.06. The number of nitrogens with one attached hydrogen (secondary N) is 1. The Bertz CT molecular complexity index is 2130. The lowest BCUT2D eigenvalue weighted by molar-refractivity contribution is 0.897. The van der Waals surface area contributed by atoms with Crippen LogP contribution in [0, 0.1) is 6.92 Å². The highest BCUT2D eigenvalue weighted by Crippen LogP contribution is 2.45. The van der Waals surface area contributed by atoms with E-state index in [4.69, 9.17) is 0 Å². The van der Waals surface area contributed by atoms with Gasteiger partial charge in [-0.25, -0.2) is 0 Å². The van der Waals surface area contributed by atoms with Crippen LogP contribution >= 0.6 is 0 Å². The summed E-state index contributed by atoms with van der Waals surface area (Å²) in [6, 6.07) is 40.5. The van der Waals surface area contributed by atoms with E-state index in [0.717, 1.165) is 19.4 Å². The third kappa shape index (κ3) is 4.49. The van der Waals surface area contributed by atoms with E-state index in [9.17, 15) is 0 Å². The van der Waals surface area contributed by atoms with Gasteiger partial charge in [0.1, 0.15) is 0 Å². The lowest BCUT2D eigenvalue weighted by Crippen LogP contribution is -2.17. The van der Waals surface area contributed by atoms with E-state index < -0.39 is 0 Å². The molecule has 43 heavy (non-hydrogen) atoms. The van der Waals surface area contributed by atoms with Crippen LogP contribution in [0.4, 0.5) is 0 Å². The lowest BCUT2D eigenvalue weighted by Gasteiger charge is -2.21. The molecule has 6 aromatic rings. The number of rotatable bonds is 4. The van der Waals surface area contributed by atoms with E-state index in [2.05, 4.69) is 152 Å². The highest BCUT2D eigenvalue weighted by atomic mass is 14.9. The van der Waals surface area contributed by atoms with Gasteiger partial charge < -0.3 is 5.32 Å². The van der Waals surface area contributed by atoms with Crippen molar-refractivity contribution in [3.05, 3.63) is 162 Å². The van der Waals surface area contributed by atoms with Crippen LogP contribution in [0.2, 0.25) is 0 Å². The quantitative estimate of drug-likeness (QED) is 0.215. The molecule has 2 aliphatic rings. The summed E-state index contributed by atoms with van der Waals surface area (Å²) in [5.41, 5.74) is 11.7. The average Bonchev–Trinajstić information content (AvgIpc) is 3.07. The van der Waals surface area contributed by atoms with Gasteiger partial charge in [0, 0.05) is 12.2 Å². The number of hydrogen-bond acceptors (Lipinski definition) is 1. The van der Waals surface area contributed by atoms with Crippen molar-refractivity contribution in [3.63, 3.8) is 0 Å². The zero-order chi connectivity index (χ0) is 28.8. The van der Waals surface area contributed by atoms with Crippen molar-refractivity contribution in [2.75, 3.05) is 6.54 Å². The van der Waals surface area contributed by atoms with Gasteiger partial charge in [-0.05, 0) is 115 Å². The van der Waals surface area contributed by atoms with Gasteiger partial charge >= 0.3 is 0 Å². The molecule has 1 N–H and O–H groups in total. The number of dihydropyridines is 1. The van der Waals surface area contributed by atoms with Gasteiger partial charge in [-0.1, -0.05) is 121 Å². The monoisotopic (exact) mass is 551 g/mol. The zero-order valence-electron chi connectivity index (χ0n) is 24.4. The van der Waals surface area contributed by atoms with Crippen LogP contribution < -0.4 is 5.32 Å². The molecule has 0 spiro atoms. The summed E-state index contributed by atoms with van der Waals surface area (Å²) >= 11 is 0. The average molecular weight is 552 g/mol. The number of allylic oxidation sites excluding steroid dienone is 5. The normalized spacial score (nSPS) is 14.9. The van der Waals surface area contributed by atoms with E-state index in [1.54, 1.807) is 0 Å². The second-order valence-corrected chi connectivity index (χ2v) is 11.7. The molecule has 206 valence electrons. The van der Waals surface area contributed by atoms with Crippen LogP contribution in [-0.2, 0) is 0 Å². The summed E-state index contributed by atoms with van der Waals surface area (Å²) in [7, 11) is 0. The van der Waals surface area contributed by atoms with Crippen LogP contribution in [0.15, 0.2) is 151 Å². The van der Waals surface area contributed by atoms with E-state index in [-0.39, 0.29) is 0 Å². The molecule has 0 radical (unpaired) electrons. The predicted octanol–water partition coefficient (Wildman–Crippen LogP) is 10.9. The zero-order valence-corrected chi connectivity index (χ0v) is 24.4. The standard InChI is InChI=1S/C42H33N/c1-28-25-32(31-13-10-14-33(26-31)40-19-8-9-24-43-40)22-23-35(28)42-38-17-6-4-15-36(38)41(37-16-5-7-18-39(37)42)34-21-20-29-11-2-3-12-30(29)27-34/h2-9,11-12,14-23,25-27,43H,10,13,24H2,1H3. The highest BCUT2D eigenvalue weighted by Gasteiger charge is 2.19. The topological polar surface area (TPSA) is 12.0 Å². The van der Waals surface area contributed by atoms with E-state index >= 15 is 0 Å². The van der Waals surface area contributed by atoms with Crippen molar-refractivity contribution >= 4 is 37.9 Å². The number of fused-ring (bicyclic) bond motifs is 3. The first kappa shape index (κ1) is 25.6. The van der Waals surface area contributed by atoms with Crippen molar-refractivity contribution in [3.8, 4) is 22.3 Å². The fraction of sp³-hybridized carbons (Fsp3) is 0.0952. The number of benzene rings is 6. The molecule has 0 saturated heterocycles. The fourth-order valence-corrected chi connectivity index (χ4v) is 6.99. The van der Waals surface area contributed by atoms with Gasteiger partial charge in [-0.2, -0.15) is 0 Å². The van der Waals surface area contributed by atoms with Crippen LogP contribution in [0.25, 0.3) is 60.1 Å². The number of aryl methyl sites for hydroxylation is 1. The minimum absolute atomic E-state index is 0.891. The first-order valence-electron chi connectivity index (χ1n) is 15.3. The van der Waals surface area contributed by atoms with Gasteiger partial charge in [0.05, 0.1) is 0 Å². The Morgan fingerprint density at radius 3 is 2.00 bits per heavy atom. The maximum Gasteiger partial charge on any atom is 0.0413 e. The lowest BCUT2D eigenvalue weighted by atomic mass is 9.83. The largest absolute Gasteiger partial charge is 0.381 e. The molecule has 6 aromatic carbocycles. The predicted molar refractivity (Wildman–Crippen MR) is 185 cm³/mol. The maximum absolute atomic E-state index is 3.52. The molecule has 0 aromatic heterocycles. The SMILES string of the molecule is Cc1cc(C2=CC(C3=CC=CCN3)=CCC2)ccc1-c1c2ccccc2c(-c2ccc3ccccc3c2)c2ccccc12. The highest BCUT2D eigenvalue weighted by molar-refractivity contribution is 6.22. The second kappa shape index (κ2) is 10.6. The molecule has 0 saturated carbocycles. The van der Waals surface area contributed by atoms with Gasteiger partial charge in [-0.15, -0.1) is 0 Å². The summed E-state index contributed by atoms with van der Waals surface area (Å²) < 4.78 is 0. The Labute approximate surface area is 253 Å². The summed E-state index contributed by atoms with van der Waals surface area (Å²) in [6.07, 6.45) is 13.3. The van der Waals surface area contributed by atoms with Gasteiger partial charge in [0.15, 0.2) is 0 Å². The first-order chi connectivity index (χ1) is 21.2. The molecule has 1 heteroatoms. The number of hydrogen-bond donors (Lipinski definition) is 1. The molecule has 1 nitrogen and oxygen atoms in total. The van der Waals surface area contributed by atoms with E-state index in [0.29, 0.717) is 0 Å². The molecule has 0 unspecified atom stereocenters. The molecule has 0 bridgehead atoms. The molecule has 8 rings (SSSR count). The molecule has 1 aliphatic carbocycles. The second-order valence-electron chi connectivity index (χ2n) is 11.7.